The Bertz CT molecular complexity index is 619. The molecule has 0 radical (unpaired) electrons. The summed E-state index contributed by atoms with van der Waals surface area (Å²) in [6.45, 7) is 4.47. The van der Waals surface area contributed by atoms with Crippen LogP contribution >= 0.6 is 26.6 Å². The topological polar surface area (TPSA) is 63.2 Å². The highest BCUT2D eigenvalue weighted by atomic mass is 79.9. The van der Waals surface area contributed by atoms with Crippen molar-refractivity contribution in [2.24, 2.45) is 5.92 Å². The highest BCUT2D eigenvalue weighted by molar-refractivity contribution is 9.10. The monoisotopic (exact) mass is 385 g/mol. The van der Waals surface area contributed by atoms with Gasteiger partial charge in [-0.25, -0.2) is 12.8 Å². The number of halogens is 3. The molecule has 0 bridgehead atoms. The Kier molecular flexibility index (Phi) is 5.97. The lowest BCUT2D eigenvalue weighted by atomic mass is 10.1. The highest BCUT2D eigenvalue weighted by Gasteiger charge is 2.21. The number of benzene rings is 1. The molecule has 1 aromatic carbocycles. The van der Waals surface area contributed by atoms with Crippen molar-refractivity contribution in [2.45, 2.75) is 25.2 Å². The quantitative estimate of drug-likeness (QED) is 0.790. The molecular weight excluding hydrogens is 373 g/mol. The van der Waals surface area contributed by atoms with Crippen LogP contribution in [-0.2, 0) is 9.05 Å². The lowest BCUT2D eigenvalue weighted by Gasteiger charge is -2.10. The standard InChI is InChI=1S/C12H14BrClFNO3S/c1-7(2)3-4-16-12(17)8-5-11(20(14,18)19)10(15)6-9(8)13/h5-7H,3-4H2,1-2H3,(H,16,17). The van der Waals surface area contributed by atoms with Crippen molar-refractivity contribution < 1.29 is 17.6 Å². The molecule has 1 N–H and O–H groups in total. The van der Waals surface area contributed by atoms with Gasteiger partial charge in [-0.2, -0.15) is 0 Å². The van der Waals surface area contributed by atoms with E-state index in [0.29, 0.717) is 12.5 Å². The Morgan fingerprint density at radius 1 is 1.45 bits per heavy atom. The molecule has 0 fully saturated rings. The van der Waals surface area contributed by atoms with Crippen molar-refractivity contribution >= 4 is 41.6 Å². The molecule has 0 aliphatic rings. The largest absolute Gasteiger partial charge is 0.352 e. The van der Waals surface area contributed by atoms with Crippen LogP contribution in [0.25, 0.3) is 0 Å². The molecule has 1 rings (SSSR count). The van der Waals surface area contributed by atoms with Gasteiger partial charge in [-0.05, 0) is 40.4 Å². The summed E-state index contributed by atoms with van der Waals surface area (Å²) in [4.78, 5) is 11.2. The second kappa shape index (κ2) is 6.87. The van der Waals surface area contributed by atoms with Gasteiger partial charge in [-0.3, -0.25) is 4.79 Å². The van der Waals surface area contributed by atoms with Crippen molar-refractivity contribution in [1.29, 1.82) is 0 Å². The Hall–Kier alpha value is -0.660. The second-order valence-electron chi connectivity index (χ2n) is 4.64. The minimum Gasteiger partial charge on any atom is -0.352 e. The van der Waals surface area contributed by atoms with E-state index in [-0.39, 0.29) is 10.0 Å². The molecule has 0 spiro atoms. The number of carbonyl (C=O) groups is 1. The summed E-state index contributed by atoms with van der Waals surface area (Å²) in [5.74, 6) is -1.07. The lowest BCUT2D eigenvalue weighted by molar-refractivity contribution is 0.0951. The maximum absolute atomic E-state index is 13.5. The zero-order chi connectivity index (χ0) is 15.5. The number of rotatable bonds is 5. The fourth-order valence-corrected chi connectivity index (χ4v) is 2.86. The molecule has 0 aliphatic carbocycles. The van der Waals surface area contributed by atoms with Crippen LogP contribution in [0.3, 0.4) is 0 Å². The fraction of sp³-hybridized carbons (Fsp3) is 0.417. The number of amides is 1. The maximum atomic E-state index is 13.5. The number of hydrogen-bond acceptors (Lipinski definition) is 3. The average molecular weight is 387 g/mol. The van der Waals surface area contributed by atoms with E-state index in [1.54, 1.807) is 0 Å². The third-order valence-electron chi connectivity index (χ3n) is 2.54. The van der Waals surface area contributed by atoms with E-state index in [4.69, 9.17) is 10.7 Å². The van der Waals surface area contributed by atoms with E-state index in [1.165, 1.54) is 0 Å². The van der Waals surface area contributed by atoms with Crippen molar-refractivity contribution in [3.63, 3.8) is 0 Å². The van der Waals surface area contributed by atoms with Crippen molar-refractivity contribution in [2.75, 3.05) is 6.54 Å². The Balaban J connectivity index is 3.04. The van der Waals surface area contributed by atoms with Gasteiger partial charge in [0, 0.05) is 21.7 Å². The number of hydrogen-bond donors (Lipinski definition) is 1. The lowest BCUT2D eigenvalue weighted by Crippen LogP contribution is -2.26. The minimum atomic E-state index is -4.24. The SMILES string of the molecule is CC(C)CCNC(=O)c1cc(S(=O)(=O)Cl)c(F)cc1Br. The van der Waals surface area contributed by atoms with Gasteiger partial charge in [0.15, 0.2) is 0 Å². The zero-order valence-electron chi connectivity index (χ0n) is 10.9. The summed E-state index contributed by atoms with van der Waals surface area (Å²) < 4.78 is 36.1. The van der Waals surface area contributed by atoms with E-state index in [2.05, 4.69) is 21.2 Å². The first-order valence-electron chi connectivity index (χ1n) is 5.85. The predicted octanol–water partition coefficient (Wildman–Crippen LogP) is 3.29. The fourth-order valence-electron chi connectivity index (χ4n) is 1.46. The van der Waals surface area contributed by atoms with Crippen LogP contribution in [-0.4, -0.2) is 20.9 Å². The van der Waals surface area contributed by atoms with Gasteiger partial charge in [0.2, 0.25) is 0 Å². The van der Waals surface area contributed by atoms with Crippen LogP contribution < -0.4 is 5.32 Å². The first-order valence-corrected chi connectivity index (χ1v) is 8.95. The molecule has 0 saturated carbocycles. The third kappa shape index (κ3) is 4.71. The summed E-state index contributed by atoms with van der Waals surface area (Å²) in [6.07, 6.45) is 0.783. The Morgan fingerprint density at radius 3 is 2.55 bits per heavy atom. The first kappa shape index (κ1) is 17.4. The molecule has 8 heteroatoms. The predicted molar refractivity (Wildman–Crippen MR) is 78.9 cm³/mol. The Labute approximate surface area is 130 Å². The molecule has 1 amide bonds. The molecule has 0 unspecified atom stereocenters. The summed E-state index contributed by atoms with van der Waals surface area (Å²) in [7, 11) is 0.880. The second-order valence-corrected chi connectivity index (χ2v) is 8.03. The normalized spacial score (nSPS) is 11.7. The molecule has 112 valence electrons. The van der Waals surface area contributed by atoms with Gasteiger partial charge in [0.1, 0.15) is 10.7 Å². The first-order chi connectivity index (χ1) is 9.12. The van der Waals surface area contributed by atoms with E-state index in [0.717, 1.165) is 18.6 Å². The van der Waals surface area contributed by atoms with Gasteiger partial charge < -0.3 is 5.32 Å². The summed E-state index contributed by atoms with van der Waals surface area (Å²) in [6, 6.07) is 1.83. The van der Waals surface area contributed by atoms with Crippen LogP contribution in [0.1, 0.15) is 30.6 Å². The van der Waals surface area contributed by atoms with Gasteiger partial charge in [-0.1, -0.05) is 13.8 Å². The van der Waals surface area contributed by atoms with E-state index < -0.39 is 25.7 Å². The molecule has 0 aliphatic heterocycles. The minimum absolute atomic E-state index is 0.0226. The van der Waals surface area contributed by atoms with Gasteiger partial charge in [0.25, 0.3) is 15.0 Å². The van der Waals surface area contributed by atoms with E-state index in [9.17, 15) is 17.6 Å². The van der Waals surface area contributed by atoms with Crippen LogP contribution in [0.4, 0.5) is 4.39 Å². The van der Waals surface area contributed by atoms with Crippen molar-refractivity contribution in [3.8, 4) is 0 Å². The Morgan fingerprint density at radius 2 is 2.05 bits per heavy atom. The van der Waals surface area contributed by atoms with Crippen molar-refractivity contribution in [3.05, 3.63) is 28.0 Å². The molecule has 0 saturated heterocycles. The molecule has 4 nitrogen and oxygen atoms in total. The van der Waals surface area contributed by atoms with Crippen LogP contribution in [0.2, 0.25) is 0 Å². The maximum Gasteiger partial charge on any atom is 0.264 e. The van der Waals surface area contributed by atoms with E-state index >= 15 is 0 Å². The number of nitrogens with one attached hydrogen (secondary N) is 1. The summed E-state index contributed by atoms with van der Waals surface area (Å²) in [5, 5.41) is 2.64. The van der Waals surface area contributed by atoms with Crippen molar-refractivity contribution in [1.82, 2.24) is 5.32 Å². The van der Waals surface area contributed by atoms with Gasteiger partial charge in [-0.15, -0.1) is 0 Å². The van der Waals surface area contributed by atoms with Crippen LogP contribution in [0.15, 0.2) is 21.5 Å². The van der Waals surface area contributed by atoms with E-state index in [1.807, 2.05) is 13.8 Å². The van der Waals surface area contributed by atoms with Crippen LogP contribution in [0, 0.1) is 11.7 Å². The molecule has 0 atom stereocenters. The number of carbonyl (C=O) groups excluding carboxylic acids is 1. The molecule has 0 heterocycles. The van der Waals surface area contributed by atoms with Gasteiger partial charge in [0.05, 0.1) is 5.56 Å². The van der Waals surface area contributed by atoms with Gasteiger partial charge >= 0.3 is 0 Å². The third-order valence-corrected chi connectivity index (χ3v) is 4.53. The van der Waals surface area contributed by atoms with Crippen LogP contribution in [0.5, 0.6) is 0 Å². The smallest absolute Gasteiger partial charge is 0.264 e. The average Bonchev–Trinajstić information content (AvgIpc) is 2.26. The molecule has 1 aromatic rings. The molecular formula is C12H14BrClFNO3S. The summed E-state index contributed by atoms with van der Waals surface area (Å²) in [5.41, 5.74) is 0.0226. The highest BCUT2D eigenvalue weighted by Crippen LogP contribution is 2.26. The summed E-state index contributed by atoms with van der Waals surface area (Å²) >= 11 is 3.03. The molecule has 0 aromatic heterocycles. The molecule has 20 heavy (non-hydrogen) atoms. The zero-order valence-corrected chi connectivity index (χ0v) is 14.1.